The molecule has 0 aromatic rings. The number of carboxylic acids is 1. The van der Waals surface area contributed by atoms with E-state index >= 15 is 0 Å². The molecule has 0 amide bonds. The highest BCUT2D eigenvalue weighted by molar-refractivity contribution is 6.40. The molecule has 0 aliphatic heterocycles. The summed E-state index contributed by atoms with van der Waals surface area (Å²) in [7, 11) is -1.35. The number of carboxylic acid groups (broad SMARTS) is 1. The van der Waals surface area contributed by atoms with Gasteiger partial charge in [0.1, 0.15) is 6.04 Å². The maximum Gasteiger partial charge on any atom is 0.451 e. The van der Waals surface area contributed by atoms with Gasteiger partial charge in [-0.1, -0.05) is 6.42 Å². The molecule has 6 nitrogen and oxygen atoms in total. The molecule has 0 aromatic heterocycles. The minimum absolute atomic E-state index is 0.189. The fourth-order valence-corrected chi connectivity index (χ4v) is 1.21. The van der Waals surface area contributed by atoms with E-state index in [4.69, 9.17) is 26.6 Å². The Kier molecular flexibility index (Phi) is 6.47. The largest absolute Gasteiger partial charge is 0.480 e. The molecular formula is C7H17BN2O4. The van der Waals surface area contributed by atoms with Gasteiger partial charge in [-0.2, -0.15) is 0 Å². The minimum atomic E-state index is -1.35. The van der Waals surface area contributed by atoms with Gasteiger partial charge in [-0.3, -0.25) is 4.79 Å². The summed E-state index contributed by atoms with van der Waals surface area (Å²) in [5, 5.41) is 25.7. The van der Waals surface area contributed by atoms with E-state index in [2.05, 4.69) is 0 Å². The van der Waals surface area contributed by atoms with Crippen molar-refractivity contribution < 1.29 is 19.9 Å². The normalized spacial score (nSPS) is 14.9. The lowest BCUT2D eigenvalue weighted by atomic mass is 9.81. The summed E-state index contributed by atoms with van der Waals surface area (Å²) in [6.07, 6.45) is 1.20. The van der Waals surface area contributed by atoms with Gasteiger partial charge in [0.2, 0.25) is 0 Å². The van der Waals surface area contributed by atoms with E-state index in [1.165, 1.54) is 0 Å². The quantitative estimate of drug-likeness (QED) is 0.312. The number of nitrogens with two attached hydrogens (primary N) is 2. The molecule has 0 radical (unpaired) electrons. The van der Waals surface area contributed by atoms with Crippen molar-refractivity contribution in [1.29, 1.82) is 0 Å². The molecule has 0 bridgehead atoms. The van der Waals surface area contributed by atoms with Gasteiger partial charge in [-0.05, 0) is 25.2 Å². The van der Waals surface area contributed by atoms with E-state index < -0.39 is 19.1 Å². The van der Waals surface area contributed by atoms with E-state index in [1.54, 1.807) is 0 Å². The van der Waals surface area contributed by atoms with Gasteiger partial charge in [0.05, 0.1) is 0 Å². The molecule has 0 heterocycles. The third kappa shape index (κ3) is 5.18. The zero-order valence-electron chi connectivity index (χ0n) is 7.97. The lowest BCUT2D eigenvalue weighted by Gasteiger charge is -2.18. The Balaban J connectivity index is 3.84. The number of carbonyl (C=O) groups is 1. The van der Waals surface area contributed by atoms with Gasteiger partial charge in [0.25, 0.3) is 0 Å². The second kappa shape index (κ2) is 6.77. The van der Waals surface area contributed by atoms with Crippen molar-refractivity contribution in [3.8, 4) is 0 Å². The molecule has 0 aliphatic carbocycles. The summed E-state index contributed by atoms with van der Waals surface area (Å²) in [6.45, 7) is 0.189. The average Bonchev–Trinajstić information content (AvgIpc) is 2.10. The topological polar surface area (TPSA) is 130 Å². The van der Waals surface area contributed by atoms with Crippen LogP contribution in [0.3, 0.4) is 0 Å². The summed E-state index contributed by atoms with van der Waals surface area (Å²) in [6, 6.07) is -0.976. The molecule has 0 saturated heterocycles. The molecule has 0 fully saturated rings. The van der Waals surface area contributed by atoms with Crippen LogP contribution < -0.4 is 11.5 Å². The highest BCUT2D eigenvalue weighted by atomic mass is 16.4. The van der Waals surface area contributed by atoms with Crippen LogP contribution in [0.15, 0.2) is 0 Å². The highest BCUT2D eigenvalue weighted by Gasteiger charge is 2.22. The van der Waals surface area contributed by atoms with Crippen LogP contribution >= 0.6 is 0 Å². The first kappa shape index (κ1) is 13.4. The van der Waals surface area contributed by atoms with Gasteiger partial charge in [0, 0.05) is 0 Å². The SMILES string of the molecule is NC[C@H](CCCB(O)O)[C@H](N)C(=O)O. The van der Waals surface area contributed by atoms with Crippen molar-refractivity contribution in [2.75, 3.05) is 6.54 Å². The Morgan fingerprint density at radius 1 is 1.43 bits per heavy atom. The average molecular weight is 204 g/mol. The number of hydrogen-bond donors (Lipinski definition) is 5. The Bertz CT molecular complexity index is 179. The fourth-order valence-electron chi connectivity index (χ4n) is 1.21. The Morgan fingerprint density at radius 2 is 2.00 bits per heavy atom. The van der Waals surface area contributed by atoms with Crippen LogP contribution in [0.25, 0.3) is 0 Å². The molecule has 0 spiro atoms. The summed E-state index contributed by atoms with van der Waals surface area (Å²) in [5.41, 5.74) is 10.7. The van der Waals surface area contributed by atoms with E-state index in [9.17, 15) is 4.79 Å². The summed E-state index contributed by atoms with van der Waals surface area (Å²) in [4.78, 5) is 10.5. The van der Waals surface area contributed by atoms with Crippen LogP contribution in [0.1, 0.15) is 12.8 Å². The van der Waals surface area contributed by atoms with Gasteiger partial charge in [-0.15, -0.1) is 0 Å². The molecular weight excluding hydrogens is 187 g/mol. The van der Waals surface area contributed by atoms with E-state index in [0.29, 0.717) is 12.8 Å². The number of aliphatic carboxylic acids is 1. The lowest BCUT2D eigenvalue weighted by Crippen LogP contribution is -2.41. The van der Waals surface area contributed by atoms with E-state index in [0.717, 1.165) is 0 Å². The van der Waals surface area contributed by atoms with Crippen molar-refractivity contribution in [3.63, 3.8) is 0 Å². The second-order valence-corrected chi connectivity index (χ2v) is 3.27. The van der Waals surface area contributed by atoms with Crippen molar-refractivity contribution in [2.24, 2.45) is 17.4 Å². The lowest BCUT2D eigenvalue weighted by molar-refractivity contribution is -0.139. The maximum atomic E-state index is 10.5. The zero-order valence-corrected chi connectivity index (χ0v) is 7.97. The summed E-state index contributed by atoms with van der Waals surface area (Å²) < 4.78 is 0. The fraction of sp³-hybridized carbons (Fsp3) is 0.857. The first-order chi connectivity index (χ1) is 6.49. The molecule has 0 rings (SSSR count). The van der Waals surface area contributed by atoms with Crippen molar-refractivity contribution >= 4 is 13.1 Å². The van der Waals surface area contributed by atoms with Crippen molar-refractivity contribution in [1.82, 2.24) is 0 Å². The molecule has 7 N–H and O–H groups in total. The summed E-state index contributed by atoms with van der Waals surface area (Å²) in [5.74, 6) is -1.39. The standard InChI is InChI=1S/C7H17BN2O4/c9-4-5(6(10)7(11)12)2-1-3-8(13)14/h5-6,13-14H,1-4,9-10H2,(H,11,12)/t5-,6-/m0/s1. The molecule has 82 valence electrons. The van der Waals surface area contributed by atoms with E-state index in [1.807, 2.05) is 0 Å². The van der Waals surface area contributed by atoms with Crippen molar-refractivity contribution in [3.05, 3.63) is 0 Å². The van der Waals surface area contributed by atoms with Gasteiger partial charge in [0.15, 0.2) is 0 Å². The third-order valence-corrected chi connectivity index (χ3v) is 2.13. The Hall–Kier alpha value is -0.625. The number of rotatable bonds is 7. The third-order valence-electron chi connectivity index (χ3n) is 2.13. The first-order valence-electron chi connectivity index (χ1n) is 4.53. The van der Waals surface area contributed by atoms with Gasteiger partial charge < -0.3 is 26.6 Å². The molecule has 2 atom stereocenters. The predicted octanol–water partition coefficient (Wildman–Crippen LogP) is -1.77. The zero-order chi connectivity index (χ0) is 11.1. The first-order valence-corrected chi connectivity index (χ1v) is 4.53. The molecule has 0 aliphatic rings. The van der Waals surface area contributed by atoms with Crippen molar-refractivity contribution in [2.45, 2.75) is 25.2 Å². The minimum Gasteiger partial charge on any atom is -0.480 e. The molecule has 7 heteroatoms. The highest BCUT2D eigenvalue weighted by Crippen LogP contribution is 2.11. The molecule has 14 heavy (non-hydrogen) atoms. The molecule has 0 saturated carbocycles. The molecule has 0 aromatic carbocycles. The number of hydrogen-bond acceptors (Lipinski definition) is 5. The van der Waals surface area contributed by atoms with Crippen LogP contribution in [0.4, 0.5) is 0 Å². The Morgan fingerprint density at radius 3 is 2.36 bits per heavy atom. The Labute approximate surface area is 83.0 Å². The molecule has 0 unspecified atom stereocenters. The van der Waals surface area contributed by atoms with Crippen LogP contribution in [0, 0.1) is 5.92 Å². The van der Waals surface area contributed by atoms with Gasteiger partial charge in [-0.25, -0.2) is 0 Å². The second-order valence-electron chi connectivity index (χ2n) is 3.27. The van der Waals surface area contributed by atoms with Crippen LogP contribution in [0.2, 0.25) is 6.32 Å². The maximum absolute atomic E-state index is 10.5. The van der Waals surface area contributed by atoms with E-state index in [-0.39, 0.29) is 18.8 Å². The van der Waals surface area contributed by atoms with Crippen LogP contribution in [-0.4, -0.2) is 40.8 Å². The van der Waals surface area contributed by atoms with Crippen LogP contribution in [0.5, 0.6) is 0 Å². The van der Waals surface area contributed by atoms with Gasteiger partial charge >= 0.3 is 13.1 Å². The van der Waals surface area contributed by atoms with Crippen LogP contribution in [-0.2, 0) is 4.79 Å². The predicted molar refractivity (Wildman–Crippen MR) is 52.4 cm³/mol. The smallest absolute Gasteiger partial charge is 0.451 e. The summed E-state index contributed by atoms with van der Waals surface area (Å²) >= 11 is 0. The monoisotopic (exact) mass is 204 g/mol.